The van der Waals surface area contributed by atoms with E-state index in [4.69, 9.17) is 0 Å². The Labute approximate surface area is 150 Å². The van der Waals surface area contributed by atoms with E-state index in [1.54, 1.807) is 6.07 Å². The number of benzene rings is 1. The van der Waals surface area contributed by atoms with Gasteiger partial charge in [-0.05, 0) is 31.5 Å². The molecule has 0 bridgehead atoms. The van der Waals surface area contributed by atoms with E-state index in [-0.39, 0.29) is 11.4 Å². The fourth-order valence-corrected chi connectivity index (χ4v) is 4.02. The minimum atomic E-state index is -0.243. The quantitative estimate of drug-likeness (QED) is 0.784. The first-order valence-electron chi connectivity index (χ1n) is 9.35. The molecule has 2 fully saturated rings. The molecule has 7 heteroatoms. The van der Waals surface area contributed by atoms with E-state index in [0.29, 0.717) is 28.4 Å². The van der Waals surface area contributed by atoms with Gasteiger partial charge in [-0.15, -0.1) is 0 Å². The summed E-state index contributed by atoms with van der Waals surface area (Å²) in [5, 5.41) is 7.35. The highest BCUT2D eigenvalue weighted by molar-refractivity contribution is 5.95. The summed E-state index contributed by atoms with van der Waals surface area (Å²) in [7, 11) is 0. The molecule has 1 saturated carbocycles. The molecule has 0 unspecified atom stereocenters. The molecule has 1 aromatic carbocycles. The second-order valence-electron chi connectivity index (χ2n) is 7.32. The first-order chi connectivity index (χ1) is 12.7. The van der Waals surface area contributed by atoms with Crippen LogP contribution in [0.25, 0.3) is 22.2 Å². The zero-order valence-corrected chi connectivity index (χ0v) is 14.8. The normalized spacial score (nSPS) is 18.9. The highest BCUT2D eigenvalue weighted by atomic mass is 19.1. The summed E-state index contributed by atoms with van der Waals surface area (Å²) in [6, 6.07) is 3.90. The Morgan fingerprint density at radius 3 is 2.69 bits per heavy atom. The van der Waals surface area contributed by atoms with Gasteiger partial charge < -0.3 is 14.4 Å². The number of likely N-dealkylation sites (N-methyl/N-ethyl adjacent to an activating group) is 1. The van der Waals surface area contributed by atoms with Crippen LogP contribution >= 0.6 is 0 Å². The molecule has 26 heavy (non-hydrogen) atoms. The molecule has 0 amide bonds. The van der Waals surface area contributed by atoms with Crippen LogP contribution in [0, 0.1) is 5.82 Å². The van der Waals surface area contributed by atoms with Crippen LogP contribution in [0.1, 0.15) is 25.8 Å². The van der Waals surface area contributed by atoms with Crippen LogP contribution in [-0.2, 0) is 0 Å². The molecule has 6 nitrogen and oxygen atoms in total. The summed E-state index contributed by atoms with van der Waals surface area (Å²) < 4.78 is 17.1. The summed E-state index contributed by atoms with van der Waals surface area (Å²) in [4.78, 5) is 16.5. The van der Waals surface area contributed by atoms with Crippen LogP contribution < -0.4 is 10.5 Å². The Hall–Kier alpha value is -2.41. The summed E-state index contributed by atoms with van der Waals surface area (Å²) >= 11 is 0. The number of aromatic nitrogens is 3. The Balaban J connectivity index is 1.66. The molecule has 0 atom stereocenters. The molecule has 0 radical (unpaired) electrons. The Bertz CT molecular complexity index is 997. The average molecular weight is 355 g/mol. The van der Waals surface area contributed by atoms with Gasteiger partial charge in [0.2, 0.25) is 0 Å². The van der Waals surface area contributed by atoms with Gasteiger partial charge in [0.05, 0.1) is 16.8 Å². The number of piperazine rings is 1. The number of anilines is 1. The van der Waals surface area contributed by atoms with Crippen LogP contribution in [0.3, 0.4) is 0 Å². The topological polar surface area (TPSA) is 57.2 Å². The molecule has 1 N–H and O–H groups in total. The van der Waals surface area contributed by atoms with E-state index >= 15 is 0 Å². The van der Waals surface area contributed by atoms with Crippen molar-refractivity contribution in [3.63, 3.8) is 0 Å². The van der Waals surface area contributed by atoms with Crippen molar-refractivity contribution in [2.24, 2.45) is 0 Å². The standard InChI is InChI=1S/C19H22FN5O/c1-2-23-5-7-24(8-6-23)17-10-16-13(9-15(17)20)18-14(19(26)22-21-18)11-25(16)12-3-4-12/h9-12H,2-8H2,1H3,(H,22,26). The molecule has 0 aromatic heterocycles. The second-order valence-corrected chi connectivity index (χ2v) is 7.32. The van der Waals surface area contributed by atoms with Crippen LogP contribution in [0.2, 0.25) is 0 Å². The third kappa shape index (κ3) is 2.41. The van der Waals surface area contributed by atoms with Crippen molar-refractivity contribution in [3.05, 3.63) is 34.5 Å². The smallest absolute Gasteiger partial charge is 0.275 e. The molecule has 4 aliphatic rings. The van der Waals surface area contributed by atoms with Gasteiger partial charge in [-0.1, -0.05) is 6.92 Å². The van der Waals surface area contributed by atoms with Crippen molar-refractivity contribution in [2.45, 2.75) is 25.8 Å². The monoisotopic (exact) mass is 355 g/mol. The predicted octanol–water partition coefficient (Wildman–Crippen LogP) is 2.45. The predicted molar refractivity (Wildman–Crippen MR) is 99.5 cm³/mol. The number of nitrogens with zero attached hydrogens (tertiary/aromatic N) is 4. The number of hydrogen-bond acceptors (Lipinski definition) is 4. The van der Waals surface area contributed by atoms with Crippen molar-refractivity contribution in [1.29, 1.82) is 0 Å². The maximum atomic E-state index is 15.0. The van der Waals surface area contributed by atoms with Gasteiger partial charge in [0.15, 0.2) is 0 Å². The highest BCUT2D eigenvalue weighted by Gasteiger charge is 2.29. The number of halogens is 1. The first-order valence-corrected chi connectivity index (χ1v) is 9.35. The van der Waals surface area contributed by atoms with Gasteiger partial charge in [-0.25, -0.2) is 9.49 Å². The number of H-pyrrole nitrogens is 1. The summed E-state index contributed by atoms with van der Waals surface area (Å²) in [6.45, 7) is 6.75. The summed E-state index contributed by atoms with van der Waals surface area (Å²) in [5.41, 5.74) is 2.49. The zero-order valence-electron chi connectivity index (χ0n) is 14.8. The largest absolute Gasteiger partial charge is 0.367 e. The van der Waals surface area contributed by atoms with Gasteiger partial charge in [0.1, 0.15) is 11.5 Å². The van der Waals surface area contributed by atoms with Crippen LogP contribution in [0.5, 0.6) is 0 Å². The lowest BCUT2D eigenvalue weighted by Gasteiger charge is -2.35. The van der Waals surface area contributed by atoms with Gasteiger partial charge in [0.25, 0.3) is 5.56 Å². The summed E-state index contributed by atoms with van der Waals surface area (Å²) in [5.74, 6) is -0.243. The lowest BCUT2D eigenvalue weighted by Crippen LogP contribution is -2.46. The Kier molecular flexibility index (Phi) is 3.53. The lowest BCUT2D eigenvalue weighted by atomic mass is 10.1. The number of hydrogen-bond donors (Lipinski definition) is 1. The average Bonchev–Trinajstić information content (AvgIpc) is 3.44. The fourth-order valence-electron chi connectivity index (χ4n) is 4.02. The molecule has 1 aromatic rings. The maximum Gasteiger partial charge on any atom is 0.275 e. The van der Waals surface area contributed by atoms with Crippen molar-refractivity contribution < 1.29 is 4.39 Å². The van der Waals surface area contributed by atoms with Crippen molar-refractivity contribution in [1.82, 2.24) is 19.7 Å². The van der Waals surface area contributed by atoms with Crippen LogP contribution in [0.4, 0.5) is 10.1 Å². The fraction of sp³-hybridized carbons (Fsp3) is 0.474. The van der Waals surface area contributed by atoms with Gasteiger partial charge in [-0.3, -0.25) is 4.79 Å². The molecule has 5 rings (SSSR count). The molecule has 0 spiro atoms. The number of aromatic amines is 1. The van der Waals surface area contributed by atoms with E-state index in [9.17, 15) is 9.18 Å². The number of rotatable bonds is 3. The zero-order chi connectivity index (χ0) is 17.8. The Morgan fingerprint density at radius 2 is 2.00 bits per heavy atom. The van der Waals surface area contributed by atoms with E-state index in [2.05, 4.69) is 31.5 Å². The molecule has 3 heterocycles. The molecule has 1 saturated heterocycles. The number of nitrogens with one attached hydrogen (secondary N) is 1. The van der Waals surface area contributed by atoms with Gasteiger partial charge in [-0.2, -0.15) is 5.10 Å². The molecular formula is C19H22FN5O. The molecule has 1 aliphatic carbocycles. The van der Waals surface area contributed by atoms with Crippen molar-refractivity contribution in [3.8, 4) is 11.3 Å². The van der Waals surface area contributed by atoms with E-state index in [1.165, 1.54) is 0 Å². The van der Waals surface area contributed by atoms with E-state index in [1.807, 2.05) is 12.3 Å². The highest BCUT2D eigenvalue weighted by Crippen LogP contribution is 2.41. The van der Waals surface area contributed by atoms with Crippen molar-refractivity contribution in [2.75, 3.05) is 37.6 Å². The van der Waals surface area contributed by atoms with Crippen LogP contribution in [0.15, 0.2) is 23.1 Å². The third-order valence-electron chi connectivity index (χ3n) is 5.74. The van der Waals surface area contributed by atoms with Gasteiger partial charge in [0, 0.05) is 43.8 Å². The Morgan fingerprint density at radius 1 is 1.23 bits per heavy atom. The minimum Gasteiger partial charge on any atom is -0.367 e. The SMILES string of the molecule is CCN1CCN(c2cc3c(cc2F)c2n[nH]c(=O)c-2cn3C2CC2)CC1. The molecule has 136 valence electrons. The van der Waals surface area contributed by atoms with E-state index in [0.717, 1.165) is 51.1 Å². The third-order valence-corrected chi connectivity index (χ3v) is 5.74. The lowest BCUT2D eigenvalue weighted by molar-refractivity contribution is 0.270. The second kappa shape index (κ2) is 5.81. The summed E-state index contributed by atoms with van der Waals surface area (Å²) in [6.07, 6.45) is 4.08. The van der Waals surface area contributed by atoms with Crippen molar-refractivity contribution >= 4 is 16.6 Å². The molecular weight excluding hydrogens is 333 g/mol. The van der Waals surface area contributed by atoms with Crippen LogP contribution in [-0.4, -0.2) is 52.4 Å². The number of fused-ring (bicyclic) bond motifs is 3. The molecule has 3 aliphatic heterocycles. The van der Waals surface area contributed by atoms with E-state index < -0.39 is 0 Å². The first kappa shape index (κ1) is 15.8. The maximum absolute atomic E-state index is 15.0. The number of pyridine rings is 1. The van der Waals surface area contributed by atoms with Gasteiger partial charge >= 0.3 is 0 Å². The minimum absolute atomic E-state index is 0.212.